The first-order valence-electron chi connectivity index (χ1n) is 10.7. The van der Waals surface area contributed by atoms with Crippen molar-refractivity contribution in [1.29, 1.82) is 0 Å². The van der Waals surface area contributed by atoms with Crippen LogP contribution in [0.5, 0.6) is 5.75 Å². The highest BCUT2D eigenvalue weighted by Gasteiger charge is 2.25. The lowest BCUT2D eigenvalue weighted by Crippen LogP contribution is -2.40. The molecule has 1 heterocycles. The van der Waals surface area contributed by atoms with Crippen molar-refractivity contribution >= 4 is 34.8 Å². The van der Waals surface area contributed by atoms with Gasteiger partial charge in [0.2, 0.25) is 0 Å². The van der Waals surface area contributed by atoms with Crippen LogP contribution in [-0.2, 0) is 19.1 Å². The van der Waals surface area contributed by atoms with Gasteiger partial charge in [-0.3, -0.25) is 14.4 Å². The molecule has 1 N–H and O–H groups in total. The van der Waals surface area contributed by atoms with Crippen molar-refractivity contribution in [3.63, 3.8) is 0 Å². The van der Waals surface area contributed by atoms with Gasteiger partial charge in [-0.25, -0.2) is 0 Å². The first-order valence-corrected chi connectivity index (χ1v) is 10.7. The minimum atomic E-state index is -0.553. The maximum absolute atomic E-state index is 12.1. The molecule has 2 aromatic carbocycles. The topological polar surface area (TPSA) is 88.2 Å². The first-order chi connectivity index (χ1) is 15.4. The van der Waals surface area contributed by atoms with E-state index in [1.165, 1.54) is 4.90 Å². The Labute approximate surface area is 188 Å². The number of para-hydroxylation sites is 2. The number of carbonyl (C=O) groups is 3. The second-order valence-electron chi connectivity index (χ2n) is 7.69. The maximum atomic E-state index is 12.1. The molecule has 32 heavy (non-hydrogen) atoms. The molecule has 2 amide bonds. The van der Waals surface area contributed by atoms with E-state index in [0.717, 1.165) is 12.2 Å². The van der Waals surface area contributed by atoms with Gasteiger partial charge in [-0.1, -0.05) is 12.1 Å². The van der Waals surface area contributed by atoms with Crippen LogP contribution in [0.25, 0.3) is 0 Å². The number of benzene rings is 2. The largest absolute Gasteiger partial charge is 0.482 e. The third-order valence-corrected chi connectivity index (χ3v) is 5.16. The van der Waals surface area contributed by atoms with E-state index < -0.39 is 11.9 Å². The number of esters is 1. The summed E-state index contributed by atoms with van der Waals surface area (Å²) in [7, 11) is 0. The maximum Gasteiger partial charge on any atom is 0.308 e. The Bertz CT molecular complexity index is 958. The molecule has 8 nitrogen and oxygen atoms in total. The Morgan fingerprint density at radius 1 is 1.16 bits per heavy atom. The van der Waals surface area contributed by atoms with Crippen LogP contribution in [-0.4, -0.2) is 50.1 Å². The standard InChI is InChI=1S/C24H29N3O5/c1-4-26(17(2)3)19-11-9-18(10-12-19)25-22(28)15-32-24(30)13-14-27-20-7-5-6-8-21(20)31-16-23(27)29/h5-12,17H,4,13-16H2,1-3H3,(H,25,28). The van der Waals surface area contributed by atoms with Crippen LogP contribution >= 0.6 is 0 Å². The molecule has 0 unspecified atom stereocenters. The fraction of sp³-hybridized carbons (Fsp3) is 0.375. The Morgan fingerprint density at radius 2 is 1.88 bits per heavy atom. The van der Waals surface area contributed by atoms with Gasteiger partial charge >= 0.3 is 5.97 Å². The SMILES string of the molecule is CCN(c1ccc(NC(=O)COC(=O)CCN2C(=O)COc3ccccc32)cc1)C(C)C. The van der Waals surface area contributed by atoms with Crippen LogP contribution in [0.3, 0.4) is 0 Å². The van der Waals surface area contributed by atoms with E-state index in [9.17, 15) is 14.4 Å². The van der Waals surface area contributed by atoms with E-state index in [4.69, 9.17) is 9.47 Å². The second-order valence-corrected chi connectivity index (χ2v) is 7.69. The van der Waals surface area contributed by atoms with Gasteiger partial charge < -0.3 is 24.6 Å². The molecular formula is C24H29N3O5. The minimum Gasteiger partial charge on any atom is -0.482 e. The average Bonchev–Trinajstić information content (AvgIpc) is 2.78. The lowest BCUT2D eigenvalue weighted by Gasteiger charge is -2.28. The molecule has 0 atom stereocenters. The molecule has 0 saturated carbocycles. The molecule has 3 rings (SSSR count). The summed E-state index contributed by atoms with van der Waals surface area (Å²) in [5.41, 5.74) is 2.33. The molecule has 0 radical (unpaired) electrons. The number of rotatable bonds is 9. The fourth-order valence-electron chi connectivity index (χ4n) is 3.60. The molecule has 0 saturated heterocycles. The number of nitrogens with one attached hydrogen (secondary N) is 1. The lowest BCUT2D eigenvalue weighted by atomic mass is 10.2. The minimum absolute atomic E-state index is 0.0237. The lowest BCUT2D eigenvalue weighted by molar-refractivity contribution is -0.147. The van der Waals surface area contributed by atoms with E-state index in [1.54, 1.807) is 18.2 Å². The highest BCUT2D eigenvalue weighted by atomic mass is 16.5. The molecule has 8 heteroatoms. The number of ether oxygens (including phenoxy) is 2. The number of nitrogens with zero attached hydrogens (tertiary/aromatic N) is 2. The van der Waals surface area contributed by atoms with Crippen LogP contribution in [0.2, 0.25) is 0 Å². The van der Waals surface area contributed by atoms with E-state index in [0.29, 0.717) is 23.2 Å². The highest BCUT2D eigenvalue weighted by molar-refractivity contribution is 5.98. The second kappa shape index (κ2) is 10.7. The third kappa shape index (κ3) is 5.78. The quantitative estimate of drug-likeness (QED) is 0.604. The van der Waals surface area contributed by atoms with Crippen LogP contribution in [0.15, 0.2) is 48.5 Å². The normalized spacial score (nSPS) is 12.8. The monoisotopic (exact) mass is 439 g/mol. The predicted molar refractivity (Wildman–Crippen MR) is 123 cm³/mol. The molecule has 2 aromatic rings. The predicted octanol–water partition coefficient (Wildman–Crippen LogP) is 3.22. The van der Waals surface area contributed by atoms with E-state index in [1.807, 2.05) is 30.3 Å². The van der Waals surface area contributed by atoms with Crippen molar-refractivity contribution in [3.8, 4) is 5.75 Å². The zero-order valence-electron chi connectivity index (χ0n) is 18.7. The Hall–Kier alpha value is -3.55. The van der Waals surface area contributed by atoms with Crippen LogP contribution in [0, 0.1) is 0 Å². The number of hydrogen-bond donors (Lipinski definition) is 1. The number of carbonyl (C=O) groups excluding carboxylic acids is 3. The van der Waals surface area contributed by atoms with Gasteiger partial charge in [-0.2, -0.15) is 0 Å². The fourth-order valence-corrected chi connectivity index (χ4v) is 3.60. The van der Waals surface area contributed by atoms with Gasteiger partial charge in [0.15, 0.2) is 13.2 Å². The summed E-state index contributed by atoms with van der Waals surface area (Å²) in [6.07, 6.45) is -0.0237. The number of fused-ring (bicyclic) bond motifs is 1. The van der Waals surface area contributed by atoms with Gasteiger partial charge in [-0.05, 0) is 57.2 Å². The molecular weight excluding hydrogens is 410 g/mol. The van der Waals surface area contributed by atoms with Crippen molar-refractivity contribution < 1.29 is 23.9 Å². The summed E-state index contributed by atoms with van der Waals surface area (Å²) in [6.45, 7) is 6.94. The number of hydrogen-bond acceptors (Lipinski definition) is 6. The summed E-state index contributed by atoms with van der Waals surface area (Å²) >= 11 is 0. The van der Waals surface area contributed by atoms with Gasteiger partial charge in [0.05, 0.1) is 12.1 Å². The van der Waals surface area contributed by atoms with Crippen molar-refractivity contribution in [1.82, 2.24) is 0 Å². The average molecular weight is 440 g/mol. The summed E-state index contributed by atoms with van der Waals surface area (Å²) in [5, 5.41) is 2.72. The van der Waals surface area contributed by atoms with E-state index in [-0.39, 0.29) is 32.1 Å². The van der Waals surface area contributed by atoms with E-state index in [2.05, 4.69) is 31.0 Å². The third-order valence-electron chi connectivity index (χ3n) is 5.16. The molecule has 0 spiro atoms. The zero-order chi connectivity index (χ0) is 23.1. The molecule has 0 aromatic heterocycles. The van der Waals surface area contributed by atoms with Crippen molar-refractivity contribution in [3.05, 3.63) is 48.5 Å². The Kier molecular flexibility index (Phi) is 7.70. The smallest absolute Gasteiger partial charge is 0.308 e. The molecule has 0 bridgehead atoms. The number of anilines is 3. The van der Waals surface area contributed by atoms with Gasteiger partial charge in [0.25, 0.3) is 11.8 Å². The molecule has 170 valence electrons. The van der Waals surface area contributed by atoms with Crippen LogP contribution < -0.4 is 19.9 Å². The molecule has 0 aliphatic carbocycles. The van der Waals surface area contributed by atoms with Crippen LogP contribution in [0.1, 0.15) is 27.2 Å². The molecule has 1 aliphatic rings. The molecule has 0 fully saturated rings. The summed E-state index contributed by atoms with van der Waals surface area (Å²) in [4.78, 5) is 40.1. The van der Waals surface area contributed by atoms with Crippen LogP contribution in [0.4, 0.5) is 17.1 Å². The first kappa shape index (κ1) is 23.1. The highest BCUT2D eigenvalue weighted by Crippen LogP contribution is 2.31. The van der Waals surface area contributed by atoms with E-state index >= 15 is 0 Å². The molecule has 1 aliphatic heterocycles. The van der Waals surface area contributed by atoms with Gasteiger partial charge in [-0.15, -0.1) is 0 Å². The van der Waals surface area contributed by atoms with Gasteiger partial charge in [0.1, 0.15) is 5.75 Å². The van der Waals surface area contributed by atoms with Crippen molar-refractivity contribution in [2.75, 3.05) is 41.4 Å². The van der Waals surface area contributed by atoms with Crippen molar-refractivity contribution in [2.24, 2.45) is 0 Å². The summed E-state index contributed by atoms with van der Waals surface area (Å²) < 4.78 is 10.5. The summed E-state index contributed by atoms with van der Waals surface area (Å²) in [6, 6.07) is 15.1. The number of amides is 2. The summed E-state index contributed by atoms with van der Waals surface area (Å²) in [5.74, 6) is -0.601. The Balaban J connectivity index is 1.45. The van der Waals surface area contributed by atoms with Gasteiger partial charge in [0, 0.05) is 30.5 Å². The zero-order valence-corrected chi connectivity index (χ0v) is 18.7. The Morgan fingerprint density at radius 3 is 2.56 bits per heavy atom. The van der Waals surface area contributed by atoms with Crippen molar-refractivity contribution in [2.45, 2.75) is 33.2 Å².